The van der Waals surface area contributed by atoms with Crippen LogP contribution in [-0.4, -0.2) is 40.5 Å². The van der Waals surface area contributed by atoms with Gasteiger partial charge in [0.1, 0.15) is 10.6 Å². The Balaban J connectivity index is 1.65. The highest BCUT2D eigenvalue weighted by atomic mass is 32.2. The van der Waals surface area contributed by atoms with E-state index in [1.165, 1.54) is 28.6 Å². The number of aryl methyl sites for hydroxylation is 1. The monoisotopic (exact) mass is 428 g/mol. The fraction of sp³-hybridized carbons (Fsp3) is 0.591. The molecule has 5 rings (SSSR count). The van der Waals surface area contributed by atoms with E-state index in [0.717, 1.165) is 71.3 Å². The van der Waals surface area contributed by atoms with E-state index in [2.05, 4.69) is 19.2 Å². The number of ether oxygens (including phenoxy) is 1. The molecule has 0 bridgehead atoms. The fourth-order valence-corrected chi connectivity index (χ4v) is 6.10. The van der Waals surface area contributed by atoms with Gasteiger partial charge in [-0.05, 0) is 61.8 Å². The van der Waals surface area contributed by atoms with Crippen LogP contribution in [0.25, 0.3) is 20.4 Å². The van der Waals surface area contributed by atoms with Gasteiger partial charge in [0.05, 0.1) is 16.3 Å². The van der Waals surface area contributed by atoms with Crippen molar-refractivity contribution in [2.45, 2.75) is 63.6 Å². The molecule has 0 aromatic carbocycles. The number of thiophene rings is 1. The highest BCUT2D eigenvalue weighted by molar-refractivity contribution is 7.98. The van der Waals surface area contributed by atoms with Crippen LogP contribution in [0, 0.1) is 5.92 Å². The second kappa shape index (κ2) is 8.00. The molecule has 154 valence electrons. The molecular formula is C22H28N4OS2. The van der Waals surface area contributed by atoms with Gasteiger partial charge in [0.15, 0.2) is 5.16 Å². The molecule has 0 amide bonds. The van der Waals surface area contributed by atoms with Crippen molar-refractivity contribution in [1.29, 1.82) is 0 Å². The van der Waals surface area contributed by atoms with Gasteiger partial charge in [-0.3, -0.25) is 0 Å². The van der Waals surface area contributed by atoms with Crippen molar-refractivity contribution in [1.82, 2.24) is 15.0 Å². The zero-order chi connectivity index (χ0) is 20.0. The Bertz CT molecular complexity index is 1060. The molecule has 0 spiro atoms. The zero-order valence-corrected chi connectivity index (χ0v) is 19.0. The summed E-state index contributed by atoms with van der Waals surface area (Å²) in [5.41, 5.74) is 5.37. The van der Waals surface area contributed by atoms with E-state index >= 15 is 0 Å². The number of hydrogen-bond acceptors (Lipinski definition) is 7. The first-order valence-corrected chi connectivity index (χ1v) is 12.7. The van der Waals surface area contributed by atoms with Crippen LogP contribution in [0.1, 0.15) is 49.9 Å². The molecule has 2 aliphatic rings. The van der Waals surface area contributed by atoms with Crippen LogP contribution in [0.3, 0.4) is 0 Å². The highest BCUT2D eigenvalue weighted by Gasteiger charge is 2.25. The minimum atomic E-state index is 0.284. The number of hydrogen-bond donors (Lipinski definition) is 1. The van der Waals surface area contributed by atoms with Crippen LogP contribution < -0.4 is 5.32 Å². The van der Waals surface area contributed by atoms with Crippen LogP contribution in [0.4, 0.5) is 5.82 Å². The lowest BCUT2D eigenvalue weighted by Gasteiger charge is -2.12. The molecule has 29 heavy (non-hydrogen) atoms. The van der Waals surface area contributed by atoms with E-state index in [9.17, 15) is 0 Å². The van der Waals surface area contributed by atoms with Gasteiger partial charge in [-0.2, -0.15) is 0 Å². The molecule has 1 saturated heterocycles. The number of fused-ring (bicyclic) bond motifs is 5. The van der Waals surface area contributed by atoms with Crippen LogP contribution >= 0.6 is 23.1 Å². The van der Waals surface area contributed by atoms with Crippen LogP contribution in [0.2, 0.25) is 0 Å². The summed E-state index contributed by atoms with van der Waals surface area (Å²) in [7, 11) is 0. The first-order chi connectivity index (χ1) is 14.1. The van der Waals surface area contributed by atoms with Crippen molar-refractivity contribution >= 4 is 49.3 Å². The number of nitrogens with one attached hydrogen (secondary N) is 1. The zero-order valence-electron chi connectivity index (χ0n) is 17.4. The Morgan fingerprint density at radius 3 is 2.79 bits per heavy atom. The maximum absolute atomic E-state index is 5.80. The summed E-state index contributed by atoms with van der Waals surface area (Å²) in [4.78, 5) is 16.0. The fourth-order valence-electron chi connectivity index (χ4n) is 4.61. The number of rotatable bonds is 6. The summed E-state index contributed by atoms with van der Waals surface area (Å²) in [6.45, 7) is 6.24. The third kappa shape index (κ3) is 3.62. The summed E-state index contributed by atoms with van der Waals surface area (Å²) in [6, 6.07) is 0. The van der Waals surface area contributed by atoms with Crippen LogP contribution in [-0.2, 0) is 24.0 Å². The molecule has 1 aliphatic carbocycles. The third-order valence-electron chi connectivity index (χ3n) is 5.90. The number of aromatic nitrogens is 3. The molecule has 3 aromatic heterocycles. The van der Waals surface area contributed by atoms with Gasteiger partial charge in [-0.25, -0.2) is 15.0 Å². The van der Waals surface area contributed by atoms with E-state index in [1.807, 2.05) is 6.26 Å². The average molecular weight is 429 g/mol. The first kappa shape index (κ1) is 19.5. The lowest BCUT2D eigenvalue weighted by Crippen LogP contribution is -2.19. The van der Waals surface area contributed by atoms with Crippen molar-refractivity contribution in [2.75, 3.05) is 24.7 Å². The van der Waals surface area contributed by atoms with Crippen molar-refractivity contribution < 1.29 is 4.74 Å². The smallest absolute Gasteiger partial charge is 0.189 e. The molecule has 7 heteroatoms. The highest BCUT2D eigenvalue weighted by Crippen LogP contribution is 2.42. The molecule has 1 fully saturated rings. The van der Waals surface area contributed by atoms with Gasteiger partial charge in [0.25, 0.3) is 0 Å². The Hall–Kier alpha value is -1.44. The topological polar surface area (TPSA) is 59.9 Å². The van der Waals surface area contributed by atoms with E-state index in [1.54, 1.807) is 23.1 Å². The lowest BCUT2D eigenvalue weighted by atomic mass is 9.99. The number of nitrogens with zero attached hydrogens (tertiary/aromatic N) is 3. The molecule has 1 unspecified atom stereocenters. The molecule has 1 atom stereocenters. The maximum atomic E-state index is 5.80. The largest absolute Gasteiger partial charge is 0.376 e. The van der Waals surface area contributed by atoms with Crippen molar-refractivity contribution in [3.05, 3.63) is 16.8 Å². The van der Waals surface area contributed by atoms with Crippen molar-refractivity contribution in [3.8, 4) is 0 Å². The molecular weight excluding hydrogens is 400 g/mol. The molecule has 0 saturated carbocycles. The van der Waals surface area contributed by atoms with Crippen molar-refractivity contribution in [2.24, 2.45) is 5.92 Å². The minimum Gasteiger partial charge on any atom is -0.376 e. The molecule has 1 N–H and O–H groups in total. The Morgan fingerprint density at radius 2 is 2.03 bits per heavy atom. The quantitative estimate of drug-likeness (QED) is 0.428. The Morgan fingerprint density at radius 1 is 1.17 bits per heavy atom. The lowest BCUT2D eigenvalue weighted by molar-refractivity contribution is 0.120. The molecule has 1 aliphatic heterocycles. The van der Waals surface area contributed by atoms with E-state index in [-0.39, 0.29) is 6.10 Å². The average Bonchev–Trinajstić information content (AvgIpc) is 3.44. The van der Waals surface area contributed by atoms with Gasteiger partial charge in [-0.15, -0.1) is 11.3 Å². The Kier molecular flexibility index (Phi) is 5.39. The maximum Gasteiger partial charge on any atom is 0.189 e. The predicted molar refractivity (Wildman–Crippen MR) is 123 cm³/mol. The van der Waals surface area contributed by atoms with Gasteiger partial charge in [0, 0.05) is 24.2 Å². The summed E-state index contributed by atoms with van der Waals surface area (Å²) in [6.07, 6.45) is 9.18. The van der Waals surface area contributed by atoms with Gasteiger partial charge in [0.2, 0.25) is 0 Å². The summed E-state index contributed by atoms with van der Waals surface area (Å²) in [5.74, 6) is 1.56. The molecule has 5 nitrogen and oxygen atoms in total. The van der Waals surface area contributed by atoms with Crippen molar-refractivity contribution in [3.63, 3.8) is 0 Å². The molecule has 0 radical (unpaired) electrons. The van der Waals surface area contributed by atoms with E-state index in [0.29, 0.717) is 5.92 Å². The number of anilines is 1. The van der Waals surface area contributed by atoms with Crippen LogP contribution in [0.15, 0.2) is 5.16 Å². The summed E-state index contributed by atoms with van der Waals surface area (Å²) in [5, 5.41) is 5.68. The van der Waals surface area contributed by atoms with Crippen LogP contribution in [0.5, 0.6) is 0 Å². The molecule has 3 aromatic rings. The minimum absolute atomic E-state index is 0.284. The van der Waals surface area contributed by atoms with Gasteiger partial charge >= 0.3 is 0 Å². The summed E-state index contributed by atoms with van der Waals surface area (Å²) < 4.78 is 6.93. The second-order valence-electron chi connectivity index (χ2n) is 8.50. The number of pyridine rings is 1. The summed E-state index contributed by atoms with van der Waals surface area (Å²) >= 11 is 3.35. The third-order valence-corrected chi connectivity index (χ3v) is 7.53. The van der Waals surface area contributed by atoms with Gasteiger partial charge in [-0.1, -0.05) is 25.6 Å². The van der Waals surface area contributed by atoms with Gasteiger partial charge < -0.3 is 10.1 Å². The number of thioether (sulfide) groups is 1. The Labute approximate surface area is 180 Å². The molecule has 4 heterocycles. The second-order valence-corrected chi connectivity index (χ2v) is 10.3. The SMILES string of the molecule is CSc1nc(NCC2CCCO2)c2sc3nc(CC(C)C)c4c(c3c2n1)CCC4. The predicted octanol–water partition coefficient (Wildman–Crippen LogP) is 5.24. The first-order valence-electron chi connectivity index (χ1n) is 10.7. The standard InChI is InChI=1S/C22H28N4OS2/c1-12(2)10-16-14-7-4-8-15(14)17-18-19(29-21(17)24-16)20(26-22(25-18)28-3)23-11-13-6-5-9-27-13/h12-13H,4-11H2,1-3H3,(H,23,25,26). The van der Waals surface area contributed by atoms with E-state index < -0.39 is 0 Å². The van der Waals surface area contributed by atoms with E-state index in [4.69, 9.17) is 19.7 Å². The normalized spacial score (nSPS) is 19.0.